The standard InChI is InChI=1S/C12H19ClN2/c1-3-5-7-10-9-14-11(8-6-4-2)12(13)15-10/h9H,3-8H2,1-2H3. The van der Waals surface area contributed by atoms with Crippen LogP contribution in [0.2, 0.25) is 5.15 Å². The number of halogens is 1. The molecular weight excluding hydrogens is 208 g/mol. The van der Waals surface area contributed by atoms with Crippen LogP contribution in [-0.2, 0) is 12.8 Å². The van der Waals surface area contributed by atoms with Crippen molar-refractivity contribution in [3.63, 3.8) is 0 Å². The van der Waals surface area contributed by atoms with Gasteiger partial charge < -0.3 is 0 Å². The van der Waals surface area contributed by atoms with E-state index in [1.165, 1.54) is 6.42 Å². The molecule has 0 aromatic carbocycles. The normalized spacial score (nSPS) is 10.6. The first-order valence-corrected chi connectivity index (χ1v) is 6.16. The molecule has 0 saturated carbocycles. The summed E-state index contributed by atoms with van der Waals surface area (Å²) in [5.41, 5.74) is 1.96. The monoisotopic (exact) mass is 226 g/mol. The van der Waals surface area contributed by atoms with Gasteiger partial charge in [0.15, 0.2) is 5.15 Å². The quantitative estimate of drug-likeness (QED) is 0.737. The number of rotatable bonds is 6. The minimum Gasteiger partial charge on any atom is -0.256 e. The fourth-order valence-electron chi connectivity index (χ4n) is 1.42. The van der Waals surface area contributed by atoms with E-state index in [9.17, 15) is 0 Å². The minimum absolute atomic E-state index is 0.594. The van der Waals surface area contributed by atoms with Crippen molar-refractivity contribution in [2.75, 3.05) is 0 Å². The van der Waals surface area contributed by atoms with Gasteiger partial charge in [-0.15, -0.1) is 0 Å². The highest BCUT2D eigenvalue weighted by molar-refractivity contribution is 6.30. The van der Waals surface area contributed by atoms with Gasteiger partial charge in [0.1, 0.15) is 0 Å². The first kappa shape index (κ1) is 12.4. The molecule has 0 aliphatic carbocycles. The molecule has 0 fully saturated rings. The Balaban J connectivity index is 2.61. The van der Waals surface area contributed by atoms with Crippen LogP contribution in [0.3, 0.4) is 0 Å². The lowest BCUT2D eigenvalue weighted by atomic mass is 10.2. The van der Waals surface area contributed by atoms with Crippen molar-refractivity contribution in [2.45, 2.75) is 52.4 Å². The van der Waals surface area contributed by atoms with Gasteiger partial charge in [-0.25, -0.2) is 4.98 Å². The fraction of sp³-hybridized carbons (Fsp3) is 0.667. The maximum atomic E-state index is 6.07. The molecule has 0 aliphatic rings. The van der Waals surface area contributed by atoms with E-state index in [1.54, 1.807) is 0 Å². The predicted octanol–water partition coefficient (Wildman–Crippen LogP) is 3.82. The molecule has 1 rings (SSSR count). The number of hydrogen-bond acceptors (Lipinski definition) is 2. The number of hydrogen-bond donors (Lipinski definition) is 0. The van der Waals surface area contributed by atoms with E-state index in [1.807, 2.05) is 6.20 Å². The second-order valence-corrected chi connectivity index (χ2v) is 4.16. The molecular formula is C12H19ClN2. The van der Waals surface area contributed by atoms with Crippen molar-refractivity contribution >= 4 is 11.6 Å². The maximum Gasteiger partial charge on any atom is 0.150 e. The lowest BCUT2D eigenvalue weighted by molar-refractivity contribution is 0.748. The van der Waals surface area contributed by atoms with Crippen LogP contribution in [-0.4, -0.2) is 9.97 Å². The highest BCUT2D eigenvalue weighted by Crippen LogP contribution is 2.14. The van der Waals surface area contributed by atoms with Crippen LogP contribution in [0.4, 0.5) is 0 Å². The minimum atomic E-state index is 0.594. The molecule has 0 N–H and O–H groups in total. The Morgan fingerprint density at radius 1 is 1.13 bits per heavy atom. The van der Waals surface area contributed by atoms with Crippen molar-refractivity contribution in [1.29, 1.82) is 0 Å². The van der Waals surface area contributed by atoms with Crippen LogP contribution < -0.4 is 0 Å². The SMILES string of the molecule is CCCCc1cnc(CCCC)c(Cl)n1. The van der Waals surface area contributed by atoms with Crippen LogP contribution in [0.1, 0.15) is 50.9 Å². The lowest BCUT2D eigenvalue weighted by Crippen LogP contribution is -1.98. The Labute approximate surface area is 97.1 Å². The summed E-state index contributed by atoms with van der Waals surface area (Å²) in [5.74, 6) is 0. The highest BCUT2D eigenvalue weighted by atomic mass is 35.5. The summed E-state index contributed by atoms with van der Waals surface area (Å²) < 4.78 is 0. The first-order chi connectivity index (χ1) is 7.27. The summed E-state index contributed by atoms with van der Waals surface area (Å²) in [7, 11) is 0. The lowest BCUT2D eigenvalue weighted by Gasteiger charge is -2.04. The molecule has 3 heteroatoms. The Bertz CT molecular complexity index is 300. The van der Waals surface area contributed by atoms with Gasteiger partial charge in [0.25, 0.3) is 0 Å². The Hall–Kier alpha value is -0.630. The van der Waals surface area contributed by atoms with E-state index in [0.29, 0.717) is 5.15 Å². The molecule has 0 atom stereocenters. The average Bonchev–Trinajstić information content (AvgIpc) is 2.25. The Morgan fingerprint density at radius 3 is 2.40 bits per heavy atom. The summed E-state index contributed by atoms with van der Waals surface area (Å²) in [6, 6.07) is 0. The second kappa shape index (κ2) is 6.78. The molecule has 1 aromatic rings. The zero-order valence-electron chi connectivity index (χ0n) is 9.59. The van der Waals surface area contributed by atoms with E-state index in [0.717, 1.165) is 43.5 Å². The van der Waals surface area contributed by atoms with Gasteiger partial charge in [0, 0.05) is 6.20 Å². The van der Waals surface area contributed by atoms with Crippen molar-refractivity contribution in [3.05, 3.63) is 22.7 Å². The van der Waals surface area contributed by atoms with Gasteiger partial charge in [0.05, 0.1) is 11.4 Å². The highest BCUT2D eigenvalue weighted by Gasteiger charge is 2.04. The van der Waals surface area contributed by atoms with Crippen molar-refractivity contribution < 1.29 is 0 Å². The third kappa shape index (κ3) is 4.17. The number of aromatic nitrogens is 2. The topological polar surface area (TPSA) is 25.8 Å². The van der Waals surface area contributed by atoms with Crippen LogP contribution in [0.25, 0.3) is 0 Å². The van der Waals surface area contributed by atoms with Crippen molar-refractivity contribution in [3.8, 4) is 0 Å². The Kier molecular flexibility index (Phi) is 5.62. The largest absolute Gasteiger partial charge is 0.256 e. The molecule has 0 aliphatic heterocycles. The van der Waals surface area contributed by atoms with Gasteiger partial charge in [-0.1, -0.05) is 38.3 Å². The van der Waals surface area contributed by atoms with Gasteiger partial charge in [0.2, 0.25) is 0 Å². The molecule has 15 heavy (non-hydrogen) atoms. The van der Waals surface area contributed by atoms with Crippen molar-refractivity contribution in [1.82, 2.24) is 9.97 Å². The molecule has 0 spiro atoms. The van der Waals surface area contributed by atoms with Gasteiger partial charge in [-0.2, -0.15) is 0 Å². The molecule has 1 heterocycles. The summed E-state index contributed by atoms with van der Waals surface area (Å²) in [5, 5.41) is 0.594. The zero-order chi connectivity index (χ0) is 11.1. The predicted molar refractivity (Wildman–Crippen MR) is 64.3 cm³/mol. The average molecular weight is 227 g/mol. The van der Waals surface area contributed by atoms with Crippen LogP contribution in [0.5, 0.6) is 0 Å². The molecule has 2 nitrogen and oxygen atoms in total. The van der Waals surface area contributed by atoms with Crippen LogP contribution in [0, 0.1) is 0 Å². The summed E-state index contributed by atoms with van der Waals surface area (Å²) in [6.07, 6.45) is 8.41. The number of nitrogens with zero attached hydrogens (tertiary/aromatic N) is 2. The smallest absolute Gasteiger partial charge is 0.150 e. The maximum absolute atomic E-state index is 6.07. The zero-order valence-corrected chi connectivity index (χ0v) is 10.3. The third-order valence-corrected chi connectivity index (χ3v) is 2.71. The number of unbranched alkanes of at least 4 members (excludes halogenated alkanes) is 2. The fourth-order valence-corrected chi connectivity index (χ4v) is 1.67. The molecule has 0 saturated heterocycles. The van der Waals surface area contributed by atoms with Gasteiger partial charge in [-0.3, -0.25) is 4.98 Å². The second-order valence-electron chi connectivity index (χ2n) is 3.81. The van der Waals surface area contributed by atoms with E-state index in [-0.39, 0.29) is 0 Å². The molecule has 0 amide bonds. The van der Waals surface area contributed by atoms with Crippen molar-refractivity contribution in [2.24, 2.45) is 0 Å². The van der Waals surface area contributed by atoms with Crippen LogP contribution in [0.15, 0.2) is 6.20 Å². The summed E-state index contributed by atoms with van der Waals surface area (Å²) in [6.45, 7) is 4.33. The van der Waals surface area contributed by atoms with Gasteiger partial charge in [-0.05, 0) is 25.7 Å². The van der Waals surface area contributed by atoms with E-state index >= 15 is 0 Å². The van der Waals surface area contributed by atoms with E-state index in [4.69, 9.17) is 11.6 Å². The first-order valence-electron chi connectivity index (χ1n) is 5.78. The molecule has 0 unspecified atom stereocenters. The Morgan fingerprint density at radius 2 is 1.80 bits per heavy atom. The molecule has 84 valence electrons. The molecule has 1 aromatic heterocycles. The van der Waals surface area contributed by atoms with E-state index < -0.39 is 0 Å². The summed E-state index contributed by atoms with van der Waals surface area (Å²) in [4.78, 5) is 8.74. The van der Waals surface area contributed by atoms with Crippen LogP contribution >= 0.6 is 11.6 Å². The molecule has 0 radical (unpaired) electrons. The van der Waals surface area contributed by atoms with Gasteiger partial charge >= 0.3 is 0 Å². The third-order valence-electron chi connectivity index (χ3n) is 2.40. The van der Waals surface area contributed by atoms with E-state index in [2.05, 4.69) is 23.8 Å². The molecule has 0 bridgehead atoms. The number of aryl methyl sites for hydroxylation is 2. The summed E-state index contributed by atoms with van der Waals surface area (Å²) >= 11 is 6.07.